The van der Waals surface area contributed by atoms with Crippen LogP contribution in [0.3, 0.4) is 0 Å². The Bertz CT molecular complexity index is 878. The fourth-order valence-corrected chi connectivity index (χ4v) is 3.16. The molecule has 3 rings (SSSR count). The Hall–Kier alpha value is -2.52. The monoisotopic (exact) mass is 417 g/mol. The number of rotatable bonds is 4. The smallest absolute Gasteiger partial charge is 0.441 e. The number of carbonyl (C=O) groups is 2. The third kappa shape index (κ3) is 3.14. The molecule has 0 radical (unpaired) electrons. The molecule has 2 aliphatic heterocycles. The van der Waals surface area contributed by atoms with E-state index in [1.165, 1.54) is 31.2 Å². The van der Waals surface area contributed by atoms with Gasteiger partial charge < -0.3 is 14.6 Å². The summed E-state index contributed by atoms with van der Waals surface area (Å²) in [6, 6.07) is 5.66. The van der Waals surface area contributed by atoms with Gasteiger partial charge in [-0.3, -0.25) is 9.69 Å². The summed E-state index contributed by atoms with van der Waals surface area (Å²) < 4.78 is 51.3. The molecular weight excluding hydrogens is 403 g/mol. The fourth-order valence-electron chi connectivity index (χ4n) is 3.03. The molecular formula is C18H15ClF3NO5. The number of hydrogen-bond acceptors (Lipinski definition) is 6. The molecule has 1 atom stereocenters. The first-order chi connectivity index (χ1) is 13.1. The molecule has 0 aliphatic carbocycles. The Kier molecular flexibility index (Phi) is 5.16. The standard InChI is InChI=1S/C18H15ClF3NO5/c1-2-27-16(25)13-9-12(14(24)10-3-5-11(19)6-4-10)15-23(7-8-28-15)17(13,26)18(20,21)22/h3-6,9,26H,2,7-8H2,1H3. The third-order valence-electron chi connectivity index (χ3n) is 4.33. The number of nitrogens with zero attached hydrogens (tertiary/aromatic N) is 1. The molecule has 1 fully saturated rings. The van der Waals surface area contributed by atoms with Crippen LogP contribution in [0.15, 0.2) is 47.4 Å². The highest BCUT2D eigenvalue weighted by Crippen LogP contribution is 2.47. The van der Waals surface area contributed by atoms with Gasteiger partial charge in [0, 0.05) is 10.6 Å². The zero-order chi connectivity index (χ0) is 20.7. The number of fused-ring (bicyclic) bond motifs is 1. The number of ether oxygens (including phenoxy) is 2. The topological polar surface area (TPSA) is 76.1 Å². The lowest BCUT2D eigenvalue weighted by molar-refractivity contribution is -0.292. The zero-order valence-electron chi connectivity index (χ0n) is 14.5. The molecule has 0 spiro atoms. The number of Topliss-reactive ketones (excluding diaryl/α,β-unsaturated/α-hetero) is 1. The van der Waals surface area contributed by atoms with Gasteiger partial charge in [0.2, 0.25) is 5.88 Å². The van der Waals surface area contributed by atoms with E-state index in [-0.39, 0.29) is 30.9 Å². The SMILES string of the molecule is CCOC(=O)C1=CC(C(=O)c2ccc(Cl)cc2)=C2OCCN2C1(O)C(F)(F)F. The molecule has 2 aliphatic rings. The van der Waals surface area contributed by atoms with Crippen molar-refractivity contribution in [1.82, 2.24) is 4.90 Å². The van der Waals surface area contributed by atoms with Crippen molar-refractivity contribution in [2.75, 3.05) is 19.8 Å². The summed E-state index contributed by atoms with van der Waals surface area (Å²) in [5, 5.41) is 10.9. The average Bonchev–Trinajstić information content (AvgIpc) is 3.12. The van der Waals surface area contributed by atoms with Gasteiger partial charge in [0.25, 0.3) is 5.72 Å². The number of alkyl halides is 3. The molecule has 150 valence electrons. The minimum atomic E-state index is -5.25. The van der Waals surface area contributed by atoms with E-state index >= 15 is 0 Å². The lowest BCUT2D eigenvalue weighted by Crippen LogP contribution is -2.61. The van der Waals surface area contributed by atoms with Crippen molar-refractivity contribution >= 4 is 23.4 Å². The highest BCUT2D eigenvalue weighted by atomic mass is 35.5. The quantitative estimate of drug-likeness (QED) is 0.600. The maximum absolute atomic E-state index is 13.8. The van der Waals surface area contributed by atoms with E-state index in [0.717, 1.165) is 0 Å². The summed E-state index contributed by atoms with van der Waals surface area (Å²) in [5.41, 5.74) is -4.95. The van der Waals surface area contributed by atoms with Crippen LogP contribution in [0.2, 0.25) is 5.02 Å². The van der Waals surface area contributed by atoms with Crippen molar-refractivity contribution in [2.24, 2.45) is 0 Å². The van der Waals surface area contributed by atoms with Crippen molar-refractivity contribution in [3.05, 3.63) is 58.0 Å². The van der Waals surface area contributed by atoms with Gasteiger partial charge in [-0.2, -0.15) is 13.2 Å². The molecule has 2 heterocycles. The van der Waals surface area contributed by atoms with Gasteiger partial charge in [0.05, 0.1) is 24.3 Å². The van der Waals surface area contributed by atoms with E-state index in [9.17, 15) is 27.9 Å². The van der Waals surface area contributed by atoms with Crippen LogP contribution in [0.1, 0.15) is 17.3 Å². The highest BCUT2D eigenvalue weighted by molar-refractivity contribution is 6.30. The van der Waals surface area contributed by atoms with Gasteiger partial charge in [-0.15, -0.1) is 0 Å². The second-order valence-electron chi connectivity index (χ2n) is 6.00. The molecule has 0 amide bonds. The van der Waals surface area contributed by atoms with Crippen LogP contribution in [0.5, 0.6) is 0 Å². The molecule has 0 saturated carbocycles. The molecule has 6 nitrogen and oxygen atoms in total. The molecule has 10 heteroatoms. The number of aliphatic hydroxyl groups is 1. The first kappa shape index (κ1) is 20.2. The van der Waals surface area contributed by atoms with Crippen molar-refractivity contribution in [3.63, 3.8) is 0 Å². The Morgan fingerprint density at radius 2 is 1.96 bits per heavy atom. The summed E-state index contributed by atoms with van der Waals surface area (Å²) in [6.07, 6.45) is -4.57. The van der Waals surface area contributed by atoms with Crippen molar-refractivity contribution in [3.8, 4) is 0 Å². The van der Waals surface area contributed by atoms with Gasteiger partial charge in [0.15, 0.2) is 5.78 Å². The van der Waals surface area contributed by atoms with Crippen LogP contribution in [-0.2, 0) is 14.3 Å². The predicted molar refractivity (Wildman–Crippen MR) is 91.2 cm³/mol. The lowest BCUT2D eigenvalue weighted by atomic mass is 9.90. The van der Waals surface area contributed by atoms with Crippen molar-refractivity contribution in [1.29, 1.82) is 0 Å². The van der Waals surface area contributed by atoms with E-state index < -0.39 is 35.1 Å². The second-order valence-corrected chi connectivity index (χ2v) is 6.44. The number of carbonyl (C=O) groups excluding carboxylic acids is 2. The van der Waals surface area contributed by atoms with Crippen molar-refractivity contribution in [2.45, 2.75) is 18.8 Å². The van der Waals surface area contributed by atoms with Crippen molar-refractivity contribution < 1.29 is 37.3 Å². The van der Waals surface area contributed by atoms with E-state index in [4.69, 9.17) is 16.3 Å². The molecule has 0 aromatic heterocycles. The van der Waals surface area contributed by atoms with Crippen LogP contribution in [-0.4, -0.2) is 53.4 Å². The maximum Gasteiger partial charge on any atom is 0.441 e. The fraction of sp³-hybridized carbons (Fsp3) is 0.333. The summed E-state index contributed by atoms with van der Waals surface area (Å²) in [7, 11) is 0. The zero-order valence-corrected chi connectivity index (χ0v) is 15.3. The van der Waals surface area contributed by atoms with E-state index in [2.05, 4.69) is 4.74 Å². The van der Waals surface area contributed by atoms with Gasteiger partial charge in [-0.05, 0) is 37.3 Å². The molecule has 28 heavy (non-hydrogen) atoms. The summed E-state index contributed by atoms with van der Waals surface area (Å²) in [5.74, 6) is -2.52. The number of allylic oxidation sites excluding steroid dienone is 2. The predicted octanol–water partition coefficient (Wildman–Crippen LogP) is 2.82. The Morgan fingerprint density at radius 1 is 1.32 bits per heavy atom. The van der Waals surface area contributed by atoms with Crippen LogP contribution >= 0.6 is 11.6 Å². The summed E-state index contributed by atoms with van der Waals surface area (Å²) in [4.78, 5) is 25.6. The molecule has 1 aromatic carbocycles. The number of halogens is 4. The van der Waals surface area contributed by atoms with Gasteiger partial charge in [0.1, 0.15) is 6.61 Å². The number of hydrogen-bond donors (Lipinski definition) is 1. The molecule has 1 unspecified atom stereocenters. The van der Waals surface area contributed by atoms with Gasteiger partial charge >= 0.3 is 12.1 Å². The van der Waals surface area contributed by atoms with Gasteiger partial charge in [-0.25, -0.2) is 4.79 Å². The Balaban J connectivity index is 2.17. The minimum absolute atomic E-state index is 0.124. The van der Waals surface area contributed by atoms with Crippen LogP contribution < -0.4 is 0 Å². The first-order valence-corrected chi connectivity index (χ1v) is 8.62. The lowest BCUT2D eigenvalue weighted by Gasteiger charge is -2.41. The van der Waals surface area contributed by atoms with E-state index in [0.29, 0.717) is 16.0 Å². The summed E-state index contributed by atoms with van der Waals surface area (Å²) >= 11 is 5.79. The second kappa shape index (κ2) is 7.14. The molecule has 0 bridgehead atoms. The molecule has 1 saturated heterocycles. The van der Waals surface area contributed by atoms with Gasteiger partial charge in [-0.1, -0.05) is 11.6 Å². The first-order valence-electron chi connectivity index (χ1n) is 8.24. The maximum atomic E-state index is 13.8. The largest absolute Gasteiger partial charge is 0.477 e. The van der Waals surface area contributed by atoms with E-state index in [1.807, 2.05) is 0 Å². The Morgan fingerprint density at radius 3 is 2.54 bits per heavy atom. The third-order valence-corrected chi connectivity index (χ3v) is 4.58. The number of benzene rings is 1. The molecule has 1 aromatic rings. The Labute approximate surface area is 162 Å². The molecule has 1 N–H and O–H groups in total. The van der Waals surface area contributed by atoms with Crippen LogP contribution in [0.4, 0.5) is 13.2 Å². The van der Waals surface area contributed by atoms with Crippen LogP contribution in [0.25, 0.3) is 0 Å². The van der Waals surface area contributed by atoms with E-state index in [1.54, 1.807) is 0 Å². The normalized spacial score (nSPS) is 21.8. The van der Waals surface area contributed by atoms with Crippen LogP contribution in [0, 0.1) is 0 Å². The number of esters is 1. The highest BCUT2D eigenvalue weighted by Gasteiger charge is 2.66. The number of ketones is 1. The average molecular weight is 418 g/mol. The summed E-state index contributed by atoms with van der Waals surface area (Å²) in [6.45, 7) is 0.625. The minimum Gasteiger partial charge on any atom is -0.477 e.